The van der Waals surface area contributed by atoms with Gasteiger partial charge in [-0.15, -0.1) is 0 Å². The molecule has 1 unspecified atom stereocenters. The van der Waals surface area contributed by atoms with Crippen LogP contribution in [0.25, 0.3) is 0 Å². The van der Waals surface area contributed by atoms with Crippen LogP contribution >= 0.6 is 0 Å². The molecular formula is C9H19N3O3S. The van der Waals surface area contributed by atoms with Crippen LogP contribution in [0.4, 0.5) is 4.79 Å². The number of rotatable bonds is 4. The van der Waals surface area contributed by atoms with Crippen molar-refractivity contribution >= 4 is 15.9 Å². The van der Waals surface area contributed by atoms with E-state index in [1.807, 2.05) is 19.0 Å². The summed E-state index contributed by atoms with van der Waals surface area (Å²) in [5.74, 6) is 0.240. The topological polar surface area (TPSA) is 78.5 Å². The van der Waals surface area contributed by atoms with Gasteiger partial charge >= 0.3 is 6.03 Å². The molecule has 1 heterocycles. The molecule has 1 aliphatic heterocycles. The van der Waals surface area contributed by atoms with Crippen molar-refractivity contribution in [2.45, 2.75) is 12.5 Å². The van der Waals surface area contributed by atoms with E-state index in [-0.39, 0.29) is 23.6 Å². The summed E-state index contributed by atoms with van der Waals surface area (Å²) in [7, 11) is 0.914. The Bertz CT molecular complexity index is 340. The van der Waals surface area contributed by atoms with Crippen molar-refractivity contribution in [1.82, 2.24) is 15.5 Å². The van der Waals surface area contributed by atoms with Crippen molar-refractivity contribution in [3.8, 4) is 0 Å². The van der Waals surface area contributed by atoms with Gasteiger partial charge in [-0.1, -0.05) is 0 Å². The lowest BCUT2D eigenvalue weighted by Gasteiger charge is -2.13. The zero-order valence-corrected chi connectivity index (χ0v) is 10.5. The molecule has 0 aliphatic carbocycles. The third-order valence-corrected chi connectivity index (χ3v) is 4.18. The van der Waals surface area contributed by atoms with E-state index in [4.69, 9.17) is 0 Å². The third-order valence-electron chi connectivity index (χ3n) is 2.41. The molecule has 6 nitrogen and oxygen atoms in total. The van der Waals surface area contributed by atoms with Crippen LogP contribution < -0.4 is 10.6 Å². The van der Waals surface area contributed by atoms with E-state index in [1.165, 1.54) is 0 Å². The Morgan fingerprint density at radius 3 is 2.62 bits per heavy atom. The lowest BCUT2D eigenvalue weighted by Crippen LogP contribution is -2.44. The number of likely N-dealkylation sites (N-methyl/N-ethyl adjacent to an activating group) is 1. The van der Waals surface area contributed by atoms with Gasteiger partial charge in [0.1, 0.15) is 0 Å². The van der Waals surface area contributed by atoms with Gasteiger partial charge in [-0.25, -0.2) is 13.2 Å². The summed E-state index contributed by atoms with van der Waals surface area (Å²) in [5.41, 5.74) is 0. The van der Waals surface area contributed by atoms with Crippen LogP contribution in [-0.2, 0) is 9.84 Å². The third kappa shape index (κ3) is 4.80. The van der Waals surface area contributed by atoms with Crippen molar-refractivity contribution in [2.75, 3.05) is 38.7 Å². The maximum atomic E-state index is 11.4. The summed E-state index contributed by atoms with van der Waals surface area (Å²) in [5, 5.41) is 5.34. The Balaban J connectivity index is 2.20. The number of hydrogen-bond donors (Lipinski definition) is 2. The Hall–Kier alpha value is -0.820. The lowest BCUT2D eigenvalue weighted by atomic mass is 10.3. The fourth-order valence-corrected chi connectivity index (χ4v) is 3.21. The molecule has 0 aromatic carbocycles. The van der Waals surface area contributed by atoms with Crippen LogP contribution in [0.5, 0.6) is 0 Å². The minimum Gasteiger partial charge on any atom is -0.337 e. The molecule has 0 radical (unpaired) electrons. The summed E-state index contributed by atoms with van der Waals surface area (Å²) >= 11 is 0. The fourth-order valence-electron chi connectivity index (χ4n) is 1.54. The van der Waals surface area contributed by atoms with E-state index < -0.39 is 9.84 Å². The fraction of sp³-hybridized carbons (Fsp3) is 0.889. The smallest absolute Gasteiger partial charge is 0.315 e. The zero-order chi connectivity index (χ0) is 12.2. The first-order valence-corrected chi connectivity index (χ1v) is 7.11. The summed E-state index contributed by atoms with van der Waals surface area (Å²) < 4.78 is 22.3. The molecule has 2 N–H and O–H groups in total. The molecule has 0 aromatic heterocycles. The molecule has 16 heavy (non-hydrogen) atoms. The van der Waals surface area contributed by atoms with Gasteiger partial charge in [0.2, 0.25) is 0 Å². The number of sulfone groups is 1. The van der Waals surface area contributed by atoms with E-state index in [2.05, 4.69) is 10.6 Å². The van der Waals surface area contributed by atoms with Crippen LogP contribution in [0.1, 0.15) is 6.42 Å². The largest absolute Gasteiger partial charge is 0.337 e. The van der Waals surface area contributed by atoms with Gasteiger partial charge in [0.25, 0.3) is 0 Å². The molecule has 0 aromatic rings. The standard InChI is InChI=1S/C9H19N3O3S/c1-12(2)5-4-10-9(13)11-8-3-6-16(14,15)7-8/h8H,3-7H2,1-2H3,(H2,10,11,13). The number of nitrogens with zero attached hydrogens (tertiary/aromatic N) is 1. The van der Waals surface area contributed by atoms with Crippen LogP contribution in [0, 0.1) is 0 Å². The molecule has 1 saturated heterocycles. The molecule has 7 heteroatoms. The summed E-state index contributed by atoms with van der Waals surface area (Å²) in [6, 6.07) is -0.520. The van der Waals surface area contributed by atoms with E-state index >= 15 is 0 Å². The Kier molecular flexibility index (Phi) is 4.55. The van der Waals surface area contributed by atoms with Gasteiger partial charge in [-0.3, -0.25) is 0 Å². The quantitative estimate of drug-likeness (QED) is 0.672. The van der Waals surface area contributed by atoms with Crippen molar-refractivity contribution in [3.05, 3.63) is 0 Å². The highest BCUT2D eigenvalue weighted by Crippen LogP contribution is 2.10. The molecule has 94 valence electrons. The van der Waals surface area contributed by atoms with Gasteiger partial charge in [-0.2, -0.15) is 0 Å². The van der Waals surface area contributed by atoms with Crippen LogP contribution in [0.15, 0.2) is 0 Å². The summed E-state index contributed by atoms with van der Waals surface area (Å²) in [6.07, 6.45) is 0.517. The summed E-state index contributed by atoms with van der Waals surface area (Å²) in [4.78, 5) is 13.3. The highest BCUT2D eigenvalue weighted by atomic mass is 32.2. The van der Waals surface area contributed by atoms with Crippen molar-refractivity contribution < 1.29 is 13.2 Å². The maximum absolute atomic E-state index is 11.4. The van der Waals surface area contributed by atoms with Crippen LogP contribution in [-0.4, -0.2) is 64.1 Å². The van der Waals surface area contributed by atoms with Crippen LogP contribution in [0.3, 0.4) is 0 Å². The zero-order valence-electron chi connectivity index (χ0n) is 9.69. The average molecular weight is 249 g/mol. The van der Waals surface area contributed by atoms with Gasteiger partial charge in [0, 0.05) is 19.1 Å². The number of carbonyl (C=O) groups is 1. The van der Waals surface area contributed by atoms with Crippen LogP contribution in [0.2, 0.25) is 0 Å². The predicted octanol–water partition coefficient (Wildman–Crippen LogP) is -0.966. The van der Waals surface area contributed by atoms with Gasteiger partial charge in [0.05, 0.1) is 11.5 Å². The second kappa shape index (κ2) is 5.49. The van der Waals surface area contributed by atoms with E-state index in [9.17, 15) is 13.2 Å². The number of carbonyl (C=O) groups excluding carboxylic acids is 1. The number of urea groups is 1. The average Bonchev–Trinajstić information content (AvgIpc) is 2.44. The maximum Gasteiger partial charge on any atom is 0.315 e. The number of nitrogens with one attached hydrogen (secondary N) is 2. The van der Waals surface area contributed by atoms with Crippen molar-refractivity contribution in [1.29, 1.82) is 0 Å². The summed E-state index contributed by atoms with van der Waals surface area (Å²) in [6.45, 7) is 1.31. The first-order valence-electron chi connectivity index (χ1n) is 5.28. The second-order valence-corrected chi connectivity index (χ2v) is 6.53. The normalized spacial score (nSPS) is 23.3. The number of hydrogen-bond acceptors (Lipinski definition) is 4. The Labute approximate surface area is 96.3 Å². The lowest BCUT2D eigenvalue weighted by molar-refractivity contribution is 0.236. The minimum absolute atomic E-state index is 0.0636. The Morgan fingerprint density at radius 1 is 1.44 bits per heavy atom. The predicted molar refractivity (Wildman–Crippen MR) is 62.1 cm³/mol. The molecule has 0 bridgehead atoms. The Morgan fingerprint density at radius 2 is 2.12 bits per heavy atom. The van der Waals surface area contributed by atoms with E-state index in [0.717, 1.165) is 6.54 Å². The highest BCUT2D eigenvalue weighted by molar-refractivity contribution is 7.91. The SMILES string of the molecule is CN(C)CCNC(=O)NC1CCS(=O)(=O)C1. The van der Waals surface area contributed by atoms with Gasteiger partial charge in [-0.05, 0) is 20.5 Å². The van der Waals surface area contributed by atoms with E-state index in [1.54, 1.807) is 0 Å². The molecule has 1 fully saturated rings. The molecule has 2 amide bonds. The molecule has 1 atom stereocenters. The molecule has 0 saturated carbocycles. The first-order chi connectivity index (χ1) is 7.39. The number of amides is 2. The highest BCUT2D eigenvalue weighted by Gasteiger charge is 2.28. The minimum atomic E-state index is -2.93. The van der Waals surface area contributed by atoms with Crippen molar-refractivity contribution in [2.24, 2.45) is 0 Å². The second-order valence-electron chi connectivity index (χ2n) is 4.30. The molecule has 0 spiro atoms. The molecule has 1 aliphatic rings. The van der Waals surface area contributed by atoms with Gasteiger partial charge in [0.15, 0.2) is 9.84 Å². The van der Waals surface area contributed by atoms with Crippen molar-refractivity contribution in [3.63, 3.8) is 0 Å². The molecule has 1 rings (SSSR count). The molecular weight excluding hydrogens is 230 g/mol. The van der Waals surface area contributed by atoms with E-state index in [0.29, 0.717) is 13.0 Å². The monoisotopic (exact) mass is 249 g/mol. The van der Waals surface area contributed by atoms with Gasteiger partial charge < -0.3 is 15.5 Å². The first kappa shape index (κ1) is 13.2.